The van der Waals surface area contributed by atoms with Crippen molar-refractivity contribution >= 4 is 11.6 Å². The molecule has 5 heteroatoms. The molecular weight excluding hydrogens is 270 g/mol. The van der Waals surface area contributed by atoms with Crippen LogP contribution in [0.1, 0.15) is 5.56 Å². The Morgan fingerprint density at radius 3 is 2.71 bits per heavy atom. The fourth-order valence-electron chi connectivity index (χ4n) is 1.82. The number of aromatic hydroxyl groups is 1. The fourth-order valence-corrected chi connectivity index (χ4v) is 1.82. The quantitative estimate of drug-likeness (QED) is 0.887. The van der Waals surface area contributed by atoms with Gasteiger partial charge in [-0.3, -0.25) is 4.79 Å². The van der Waals surface area contributed by atoms with Gasteiger partial charge in [0.15, 0.2) is 18.1 Å². The van der Waals surface area contributed by atoms with Crippen LogP contribution in [-0.2, 0) is 4.79 Å². The molecule has 1 amide bonds. The first-order valence-electron chi connectivity index (χ1n) is 6.45. The maximum atomic E-state index is 11.8. The summed E-state index contributed by atoms with van der Waals surface area (Å²) >= 11 is 0. The number of methoxy groups -OCH3 is 1. The normalized spacial score (nSPS) is 10.0. The number of aryl methyl sites for hydroxylation is 1. The summed E-state index contributed by atoms with van der Waals surface area (Å²) in [5.41, 5.74) is 1.54. The van der Waals surface area contributed by atoms with Crippen molar-refractivity contribution < 1.29 is 19.4 Å². The first kappa shape index (κ1) is 14.7. The summed E-state index contributed by atoms with van der Waals surface area (Å²) in [6.07, 6.45) is 0. The highest BCUT2D eigenvalue weighted by Gasteiger charge is 2.07. The van der Waals surface area contributed by atoms with Crippen LogP contribution < -0.4 is 14.8 Å². The second-order valence-corrected chi connectivity index (χ2v) is 4.54. The van der Waals surface area contributed by atoms with Crippen LogP contribution in [0.15, 0.2) is 42.5 Å². The Labute approximate surface area is 123 Å². The van der Waals surface area contributed by atoms with Gasteiger partial charge in [-0.1, -0.05) is 12.1 Å². The number of ether oxygens (including phenoxy) is 2. The topological polar surface area (TPSA) is 67.8 Å². The van der Waals surface area contributed by atoms with Crippen LogP contribution in [0.5, 0.6) is 17.2 Å². The number of carbonyl (C=O) groups is 1. The zero-order valence-electron chi connectivity index (χ0n) is 11.9. The molecule has 0 atom stereocenters. The Hall–Kier alpha value is -2.69. The van der Waals surface area contributed by atoms with Crippen LogP contribution in [0.3, 0.4) is 0 Å². The molecule has 0 radical (unpaired) electrons. The van der Waals surface area contributed by atoms with Gasteiger partial charge in [-0.05, 0) is 36.8 Å². The molecule has 0 aromatic heterocycles. The fraction of sp³-hybridized carbons (Fsp3) is 0.188. The molecule has 5 nitrogen and oxygen atoms in total. The average molecular weight is 287 g/mol. The third-order valence-electron chi connectivity index (χ3n) is 2.82. The molecule has 0 saturated carbocycles. The standard InChI is InChI=1S/C16H17NO4/c1-11-4-3-5-13(8-11)21-10-16(19)17-12-6-7-15(20-2)14(18)9-12/h3-9,18H,10H2,1-2H3,(H,17,19). The number of amides is 1. The van der Waals surface area contributed by atoms with E-state index in [-0.39, 0.29) is 18.3 Å². The van der Waals surface area contributed by atoms with Crippen molar-refractivity contribution in [3.63, 3.8) is 0 Å². The van der Waals surface area contributed by atoms with Gasteiger partial charge in [0.1, 0.15) is 5.75 Å². The lowest BCUT2D eigenvalue weighted by atomic mass is 10.2. The van der Waals surface area contributed by atoms with Crippen molar-refractivity contribution in [3.05, 3.63) is 48.0 Å². The third kappa shape index (κ3) is 4.14. The van der Waals surface area contributed by atoms with E-state index >= 15 is 0 Å². The lowest BCUT2D eigenvalue weighted by Gasteiger charge is -2.09. The van der Waals surface area contributed by atoms with E-state index in [9.17, 15) is 9.90 Å². The second kappa shape index (κ2) is 6.65. The maximum absolute atomic E-state index is 11.8. The molecule has 0 heterocycles. The molecule has 110 valence electrons. The number of hydrogen-bond acceptors (Lipinski definition) is 4. The second-order valence-electron chi connectivity index (χ2n) is 4.54. The highest BCUT2D eigenvalue weighted by Crippen LogP contribution is 2.28. The van der Waals surface area contributed by atoms with Crippen molar-refractivity contribution in [2.24, 2.45) is 0 Å². The molecule has 2 rings (SSSR count). The SMILES string of the molecule is COc1ccc(NC(=O)COc2cccc(C)c2)cc1O. The van der Waals surface area contributed by atoms with E-state index in [0.29, 0.717) is 17.2 Å². The molecule has 2 aromatic rings. The number of rotatable bonds is 5. The highest BCUT2D eigenvalue weighted by atomic mass is 16.5. The molecule has 21 heavy (non-hydrogen) atoms. The summed E-state index contributed by atoms with van der Waals surface area (Å²) < 4.78 is 10.3. The predicted molar refractivity (Wildman–Crippen MR) is 80.0 cm³/mol. The van der Waals surface area contributed by atoms with E-state index in [1.165, 1.54) is 13.2 Å². The number of phenols is 1. The van der Waals surface area contributed by atoms with Crippen LogP contribution >= 0.6 is 0 Å². The van der Waals surface area contributed by atoms with Crippen LogP contribution in [0.4, 0.5) is 5.69 Å². The van der Waals surface area contributed by atoms with E-state index in [4.69, 9.17) is 9.47 Å². The number of carbonyl (C=O) groups excluding carboxylic acids is 1. The van der Waals surface area contributed by atoms with Gasteiger partial charge in [0.2, 0.25) is 0 Å². The van der Waals surface area contributed by atoms with Crippen molar-refractivity contribution in [3.8, 4) is 17.2 Å². The molecule has 0 fully saturated rings. The number of anilines is 1. The molecule has 0 bridgehead atoms. The predicted octanol–water partition coefficient (Wildman–Crippen LogP) is 2.73. The Bertz CT molecular complexity index is 640. The molecule has 0 saturated heterocycles. The lowest BCUT2D eigenvalue weighted by molar-refractivity contribution is -0.118. The molecule has 0 unspecified atom stereocenters. The summed E-state index contributed by atoms with van der Waals surface area (Å²) in [5, 5.41) is 12.3. The van der Waals surface area contributed by atoms with Gasteiger partial charge in [-0.25, -0.2) is 0 Å². The van der Waals surface area contributed by atoms with E-state index < -0.39 is 0 Å². The summed E-state index contributed by atoms with van der Waals surface area (Å²) in [5.74, 6) is 0.655. The monoisotopic (exact) mass is 287 g/mol. The first-order chi connectivity index (χ1) is 10.1. The minimum atomic E-state index is -0.305. The van der Waals surface area contributed by atoms with Gasteiger partial charge in [0, 0.05) is 11.8 Å². The Kier molecular flexibility index (Phi) is 4.66. The maximum Gasteiger partial charge on any atom is 0.262 e. The highest BCUT2D eigenvalue weighted by molar-refractivity contribution is 5.92. The van der Waals surface area contributed by atoms with Crippen LogP contribution in [-0.4, -0.2) is 24.7 Å². The van der Waals surface area contributed by atoms with Crippen LogP contribution in [0, 0.1) is 6.92 Å². The number of phenolic OH excluding ortho intramolecular Hbond substituents is 1. The van der Waals surface area contributed by atoms with Crippen molar-refractivity contribution in [2.75, 3.05) is 19.0 Å². The molecule has 0 aliphatic carbocycles. The van der Waals surface area contributed by atoms with E-state index in [2.05, 4.69) is 5.32 Å². The molecular formula is C16H17NO4. The number of hydrogen-bond donors (Lipinski definition) is 2. The minimum absolute atomic E-state index is 0.0325. The third-order valence-corrected chi connectivity index (χ3v) is 2.82. The number of nitrogens with one attached hydrogen (secondary N) is 1. The van der Waals surface area contributed by atoms with Gasteiger partial charge in [0.05, 0.1) is 7.11 Å². The largest absolute Gasteiger partial charge is 0.504 e. The van der Waals surface area contributed by atoms with Crippen LogP contribution in [0.25, 0.3) is 0 Å². The first-order valence-corrected chi connectivity index (χ1v) is 6.45. The Morgan fingerprint density at radius 1 is 1.24 bits per heavy atom. The van der Waals surface area contributed by atoms with E-state index in [0.717, 1.165) is 5.56 Å². The Balaban J connectivity index is 1.91. The van der Waals surface area contributed by atoms with Crippen molar-refractivity contribution in [1.29, 1.82) is 0 Å². The molecule has 2 N–H and O–H groups in total. The van der Waals surface area contributed by atoms with Gasteiger partial charge in [-0.15, -0.1) is 0 Å². The summed E-state index contributed by atoms with van der Waals surface area (Å²) in [6.45, 7) is 1.85. The zero-order chi connectivity index (χ0) is 15.2. The number of benzene rings is 2. The molecule has 0 spiro atoms. The summed E-state index contributed by atoms with van der Waals surface area (Å²) in [7, 11) is 1.46. The van der Waals surface area contributed by atoms with Gasteiger partial charge >= 0.3 is 0 Å². The lowest BCUT2D eigenvalue weighted by Crippen LogP contribution is -2.20. The van der Waals surface area contributed by atoms with Gasteiger partial charge < -0.3 is 19.9 Å². The zero-order valence-corrected chi connectivity index (χ0v) is 11.9. The smallest absolute Gasteiger partial charge is 0.262 e. The van der Waals surface area contributed by atoms with Crippen molar-refractivity contribution in [2.45, 2.75) is 6.92 Å². The Morgan fingerprint density at radius 2 is 2.05 bits per heavy atom. The van der Waals surface area contributed by atoms with E-state index in [1.807, 2.05) is 25.1 Å². The van der Waals surface area contributed by atoms with Crippen molar-refractivity contribution in [1.82, 2.24) is 0 Å². The van der Waals surface area contributed by atoms with E-state index in [1.54, 1.807) is 18.2 Å². The molecule has 0 aliphatic heterocycles. The van der Waals surface area contributed by atoms with Gasteiger partial charge in [-0.2, -0.15) is 0 Å². The summed E-state index contributed by atoms with van der Waals surface area (Å²) in [6, 6.07) is 12.1. The van der Waals surface area contributed by atoms with Gasteiger partial charge in [0.25, 0.3) is 5.91 Å². The molecule has 2 aromatic carbocycles. The minimum Gasteiger partial charge on any atom is -0.504 e. The average Bonchev–Trinajstić information content (AvgIpc) is 2.45. The summed E-state index contributed by atoms with van der Waals surface area (Å²) in [4.78, 5) is 11.8. The molecule has 0 aliphatic rings. The van der Waals surface area contributed by atoms with Crippen LogP contribution in [0.2, 0.25) is 0 Å².